The summed E-state index contributed by atoms with van der Waals surface area (Å²) in [6.07, 6.45) is 1.20. The van der Waals surface area contributed by atoms with E-state index in [0.29, 0.717) is 0 Å². The molecular weight excluding hydrogens is 162 g/mol. The van der Waals surface area contributed by atoms with Crippen molar-refractivity contribution in [2.75, 3.05) is 0 Å². The van der Waals surface area contributed by atoms with Crippen molar-refractivity contribution in [2.45, 2.75) is 12.8 Å². The third kappa shape index (κ3) is 1.76. The molecule has 0 saturated carbocycles. The Labute approximate surface area is 68.5 Å². The number of hydrogen-bond acceptors (Lipinski definition) is 2. The number of nitriles is 1. The van der Waals surface area contributed by atoms with Crippen LogP contribution in [-0.4, -0.2) is 4.98 Å². The Hall–Kier alpha value is -1.50. The lowest BCUT2D eigenvalue weighted by Crippen LogP contribution is -2.07. The van der Waals surface area contributed by atoms with Crippen molar-refractivity contribution in [1.82, 2.24) is 4.98 Å². The van der Waals surface area contributed by atoms with Crippen molar-refractivity contribution < 1.29 is 8.78 Å². The lowest BCUT2D eigenvalue weighted by Gasteiger charge is -2.09. The lowest BCUT2D eigenvalue weighted by atomic mass is 10.1. The fourth-order valence-electron chi connectivity index (χ4n) is 0.765. The summed E-state index contributed by atoms with van der Waals surface area (Å²) >= 11 is 0. The van der Waals surface area contributed by atoms with E-state index in [9.17, 15) is 8.78 Å². The molecule has 0 N–H and O–H groups in total. The van der Waals surface area contributed by atoms with Crippen LogP contribution >= 0.6 is 0 Å². The van der Waals surface area contributed by atoms with Crippen molar-refractivity contribution in [3.8, 4) is 6.07 Å². The van der Waals surface area contributed by atoms with Gasteiger partial charge >= 0.3 is 0 Å². The Kier molecular flexibility index (Phi) is 2.05. The van der Waals surface area contributed by atoms with E-state index in [1.54, 1.807) is 6.07 Å². The number of pyridine rings is 1. The fraction of sp³-hybridized carbons (Fsp3) is 0.250. The molecule has 0 amide bonds. The molecule has 1 aromatic rings. The molecule has 0 atom stereocenters. The predicted octanol–water partition coefficient (Wildman–Crippen LogP) is 2.06. The summed E-state index contributed by atoms with van der Waals surface area (Å²) in [6, 6.07) is 3.97. The molecule has 1 heterocycles. The molecule has 0 aliphatic heterocycles. The number of rotatable bonds is 1. The normalized spacial score (nSPS) is 10.8. The van der Waals surface area contributed by atoms with Crippen LogP contribution in [-0.2, 0) is 5.92 Å². The standard InChI is InChI=1S/C8H6F2N2/c1-8(9,10)6-2-3-12-7(4-6)5-11/h2-4H,1H3. The predicted molar refractivity (Wildman–Crippen MR) is 38.5 cm³/mol. The van der Waals surface area contributed by atoms with Crippen LogP contribution in [0.15, 0.2) is 18.3 Å². The maximum absolute atomic E-state index is 12.6. The van der Waals surface area contributed by atoms with Gasteiger partial charge < -0.3 is 0 Å². The van der Waals surface area contributed by atoms with Crippen LogP contribution in [0.3, 0.4) is 0 Å². The van der Waals surface area contributed by atoms with Crippen LogP contribution in [0.2, 0.25) is 0 Å². The Balaban J connectivity index is 3.13. The van der Waals surface area contributed by atoms with E-state index in [4.69, 9.17) is 5.26 Å². The van der Waals surface area contributed by atoms with Gasteiger partial charge in [-0.25, -0.2) is 13.8 Å². The van der Waals surface area contributed by atoms with Crippen molar-refractivity contribution in [3.05, 3.63) is 29.6 Å². The zero-order valence-electron chi connectivity index (χ0n) is 6.38. The molecule has 0 aromatic carbocycles. The highest BCUT2D eigenvalue weighted by Crippen LogP contribution is 2.26. The van der Waals surface area contributed by atoms with Crippen molar-refractivity contribution >= 4 is 0 Å². The SMILES string of the molecule is CC(F)(F)c1ccnc(C#N)c1. The van der Waals surface area contributed by atoms with Gasteiger partial charge in [-0.15, -0.1) is 0 Å². The molecule has 0 fully saturated rings. The average molecular weight is 168 g/mol. The molecule has 4 heteroatoms. The van der Waals surface area contributed by atoms with E-state index in [1.807, 2.05) is 0 Å². The van der Waals surface area contributed by atoms with E-state index in [1.165, 1.54) is 12.3 Å². The minimum absolute atomic E-state index is 0.00836. The van der Waals surface area contributed by atoms with Crippen LogP contribution in [0.5, 0.6) is 0 Å². The highest BCUT2D eigenvalue weighted by molar-refractivity contribution is 5.27. The second-order valence-electron chi connectivity index (χ2n) is 2.43. The van der Waals surface area contributed by atoms with Gasteiger partial charge in [0.2, 0.25) is 0 Å². The summed E-state index contributed by atoms with van der Waals surface area (Å²) in [5, 5.41) is 8.37. The van der Waals surface area contributed by atoms with Crippen molar-refractivity contribution in [3.63, 3.8) is 0 Å². The van der Waals surface area contributed by atoms with Gasteiger partial charge in [-0.05, 0) is 12.1 Å². The first-order valence-electron chi connectivity index (χ1n) is 3.28. The molecular formula is C8H6F2N2. The van der Waals surface area contributed by atoms with Gasteiger partial charge in [0.05, 0.1) is 0 Å². The topological polar surface area (TPSA) is 36.7 Å². The second kappa shape index (κ2) is 2.86. The number of nitrogens with zero attached hydrogens (tertiary/aromatic N) is 2. The van der Waals surface area contributed by atoms with E-state index < -0.39 is 5.92 Å². The monoisotopic (exact) mass is 168 g/mol. The summed E-state index contributed by atoms with van der Waals surface area (Å²) in [5.41, 5.74) is -0.178. The molecule has 0 radical (unpaired) electrons. The third-order valence-corrected chi connectivity index (χ3v) is 1.38. The molecule has 0 aliphatic carbocycles. The summed E-state index contributed by atoms with van der Waals surface area (Å²) in [4.78, 5) is 3.58. The number of aromatic nitrogens is 1. The summed E-state index contributed by atoms with van der Waals surface area (Å²) in [7, 11) is 0. The lowest BCUT2D eigenvalue weighted by molar-refractivity contribution is 0.0173. The van der Waals surface area contributed by atoms with Gasteiger partial charge in [-0.3, -0.25) is 0 Å². The molecule has 62 valence electrons. The van der Waals surface area contributed by atoms with Gasteiger partial charge in [0.25, 0.3) is 5.92 Å². The van der Waals surface area contributed by atoms with E-state index in [2.05, 4.69) is 4.98 Å². The zero-order chi connectivity index (χ0) is 9.19. The Bertz CT molecular complexity index is 323. The Morgan fingerprint density at radius 2 is 2.25 bits per heavy atom. The molecule has 1 rings (SSSR count). The van der Waals surface area contributed by atoms with E-state index in [0.717, 1.165) is 13.0 Å². The fourth-order valence-corrected chi connectivity index (χ4v) is 0.765. The zero-order valence-corrected chi connectivity index (χ0v) is 6.38. The first kappa shape index (κ1) is 8.60. The summed E-state index contributed by atoms with van der Waals surface area (Å²) in [5.74, 6) is -2.91. The van der Waals surface area contributed by atoms with Crippen molar-refractivity contribution in [1.29, 1.82) is 5.26 Å². The van der Waals surface area contributed by atoms with Gasteiger partial charge in [0, 0.05) is 18.7 Å². The average Bonchev–Trinajstić information content (AvgIpc) is 2.03. The van der Waals surface area contributed by atoms with Crippen molar-refractivity contribution in [2.24, 2.45) is 0 Å². The quantitative estimate of drug-likeness (QED) is 0.643. The van der Waals surface area contributed by atoms with Gasteiger partial charge in [-0.2, -0.15) is 5.26 Å². The molecule has 1 aromatic heterocycles. The maximum Gasteiger partial charge on any atom is 0.270 e. The van der Waals surface area contributed by atoms with E-state index >= 15 is 0 Å². The molecule has 2 nitrogen and oxygen atoms in total. The van der Waals surface area contributed by atoms with Crippen LogP contribution in [0.25, 0.3) is 0 Å². The highest BCUT2D eigenvalue weighted by atomic mass is 19.3. The second-order valence-corrected chi connectivity index (χ2v) is 2.43. The number of halogens is 2. The summed E-state index contributed by atoms with van der Waals surface area (Å²) < 4.78 is 25.3. The minimum atomic E-state index is -2.91. The maximum atomic E-state index is 12.6. The molecule has 0 unspecified atom stereocenters. The van der Waals surface area contributed by atoms with Gasteiger partial charge in [0.1, 0.15) is 11.8 Å². The minimum Gasteiger partial charge on any atom is -0.246 e. The first-order chi connectivity index (χ1) is 5.54. The summed E-state index contributed by atoms with van der Waals surface area (Å²) in [6.45, 7) is 0.781. The largest absolute Gasteiger partial charge is 0.270 e. The molecule has 0 saturated heterocycles. The molecule has 0 spiro atoms. The number of hydrogen-bond donors (Lipinski definition) is 0. The molecule has 12 heavy (non-hydrogen) atoms. The number of alkyl halides is 2. The van der Waals surface area contributed by atoms with Crippen LogP contribution in [0.4, 0.5) is 8.78 Å². The van der Waals surface area contributed by atoms with Gasteiger partial charge in [0.15, 0.2) is 0 Å². The highest BCUT2D eigenvalue weighted by Gasteiger charge is 2.24. The molecule has 0 aliphatic rings. The third-order valence-electron chi connectivity index (χ3n) is 1.38. The first-order valence-corrected chi connectivity index (χ1v) is 3.28. The van der Waals surface area contributed by atoms with Gasteiger partial charge in [-0.1, -0.05) is 0 Å². The van der Waals surface area contributed by atoms with Crippen LogP contribution in [0, 0.1) is 11.3 Å². The Morgan fingerprint density at radius 1 is 1.58 bits per heavy atom. The Morgan fingerprint density at radius 3 is 2.75 bits per heavy atom. The molecule has 0 bridgehead atoms. The van der Waals surface area contributed by atoms with Crippen LogP contribution < -0.4 is 0 Å². The smallest absolute Gasteiger partial charge is 0.246 e. The van der Waals surface area contributed by atoms with Crippen LogP contribution in [0.1, 0.15) is 18.2 Å². The van der Waals surface area contributed by atoms with E-state index in [-0.39, 0.29) is 11.3 Å².